The van der Waals surface area contributed by atoms with Crippen LogP contribution in [-0.2, 0) is 9.59 Å². The molecule has 2 amide bonds. The van der Waals surface area contributed by atoms with Crippen LogP contribution in [0.25, 0.3) is 0 Å². The quantitative estimate of drug-likeness (QED) is 0.725. The fourth-order valence-electron chi connectivity index (χ4n) is 2.75. The van der Waals surface area contributed by atoms with E-state index in [1.807, 2.05) is 4.90 Å². The molecule has 1 saturated carbocycles. The van der Waals surface area contributed by atoms with Crippen LogP contribution in [-0.4, -0.2) is 66.0 Å². The van der Waals surface area contributed by atoms with Crippen LogP contribution in [0, 0.1) is 0 Å². The minimum atomic E-state index is -0.942. The molecular formula is C12H18FN3O2. The highest BCUT2D eigenvalue weighted by molar-refractivity contribution is 5.89. The van der Waals surface area contributed by atoms with Crippen molar-refractivity contribution in [3.05, 3.63) is 0 Å². The Labute approximate surface area is 105 Å². The van der Waals surface area contributed by atoms with E-state index in [9.17, 15) is 14.0 Å². The number of nitrogens with one attached hydrogen (secondary N) is 1. The van der Waals surface area contributed by atoms with Crippen LogP contribution < -0.4 is 5.32 Å². The third-order valence-corrected chi connectivity index (χ3v) is 3.93. The van der Waals surface area contributed by atoms with Crippen molar-refractivity contribution in [3.63, 3.8) is 0 Å². The molecule has 0 aromatic carbocycles. The molecule has 0 unspecified atom stereocenters. The van der Waals surface area contributed by atoms with Crippen molar-refractivity contribution in [2.45, 2.75) is 37.5 Å². The Hall–Kier alpha value is -1.17. The summed E-state index contributed by atoms with van der Waals surface area (Å²) in [6.07, 6.45) is 1.47. The first-order valence-electron chi connectivity index (χ1n) is 6.61. The summed E-state index contributed by atoms with van der Waals surface area (Å²) in [6, 6.07) is -0.0325. The maximum atomic E-state index is 13.0. The molecule has 1 aliphatic carbocycles. The summed E-state index contributed by atoms with van der Waals surface area (Å²) >= 11 is 0. The van der Waals surface area contributed by atoms with Gasteiger partial charge in [-0.05, 0) is 12.8 Å². The van der Waals surface area contributed by atoms with E-state index in [1.54, 1.807) is 4.90 Å². The molecule has 3 fully saturated rings. The summed E-state index contributed by atoms with van der Waals surface area (Å²) in [4.78, 5) is 27.5. The molecule has 0 aromatic heterocycles. The van der Waals surface area contributed by atoms with Crippen LogP contribution in [0.5, 0.6) is 0 Å². The molecule has 5 nitrogen and oxygen atoms in total. The average molecular weight is 255 g/mol. The number of carbonyl (C=O) groups is 2. The molecule has 0 spiro atoms. The maximum Gasteiger partial charge on any atom is 0.242 e. The van der Waals surface area contributed by atoms with Gasteiger partial charge in [0.05, 0.1) is 12.6 Å². The van der Waals surface area contributed by atoms with Crippen LogP contribution in [0.3, 0.4) is 0 Å². The predicted octanol–water partition coefficient (Wildman–Crippen LogP) is -0.480. The SMILES string of the molecule is O=C([C@H]1C[C@H](F)CN1)N1CCN(C2CC2)C(=O)C1. The van der Waals surface area contributed by atoms with E-state index in [4.69, 9.17) is 0 Å². The van der Waals surface area contributed by atoms with Crippen LogP contribution >= 0.6 is 0 Å². The number of alkyl halides is 1. The minimum Gasteiger partial charge on any atom is -0.336 e. The zero-order valence-corrected chi connectivity index (χ0v) is 10.3. The second kappa shape index (κ2) is 4.50. The van der Waals surface area contributed by atoms with Crippen LogP contribution in [0.1, 0.15) is 19.3 Å². The average Bonchev–Trinajstić information content (AvgIpc) is 3.10. The summed E-state index contributed by atoms with van der Waals surface area (Å²) in [5.41, 5.74) is 0. The largest absolute Gasteiger partial charge is 0.336 e. The second-order valence-corrected chi connectivity index (χ2v) is 5.37. The Morgan fingerprint density at radius 2 is 2.11 bits per heavy atom. The third kappa shape index (κ3) is 2.21. The molecule has 18 heavy (non-hydrogen) atoms. The van der Waals surface area contributed by atoms with Crippen LogP contribution in [0.2, 0.25) is 0 Å². The van der Waals surface area contributed by atoms with Crippen molar-refractivity contribution in [2.24, 2.45) is 0 Å². The van der Waals surface area contributed by atoms with Gasteiger partial charge in [-0.1, -0.05) is 0 Å². The van der Waals surface area contributed by atoms with Gasteiger partial charge in [0, 0.05) is 32.1 Å². The lowest BCUT2D eigenvalue weighted by molar-refractivity contribution is -0.146. The smallest absolute Gasteiger partial charge is 0.242 e. The first-order chi connectivity index (χ1) is 8.65. The van der Waals surface area contributed by atoms with Crippen LogP contribution in [0.4, 0.5) is 4.39 Å². The molecule has 1 N–H and O–H groups in total. The van der Waals surface area contributed by atoms with Gasteiger partial charge in [-0.2, -0.15) is 0 Å². The van der Waals surface area contributed by atoms with E-state index >= 15 is 0 Å². The Kier molecular flexibility index (Phi) is 2.97. The van der Waals surface area contributed by atoms with E-state index in [2.05, 4.69) is 5.32 Å². The molecule has 3 rings (SSSR count). The van der Waals surface area contributed by atoms with Crippen molar-refractivity contribution >= 4 is 11.8 Å². The van der Waals surface area contributed by atoms with Gasteiger partial charge in [-0.3, -0.25) is 9.59 Å². The predicted molar refractivity (Wildman–Crippen MR) is 62.6 cm³/mol. The lowest BCUT2D eigenvalue weighted by Crippen LogP contribution is -2.56. The van der Waals surface area contributed by atoms with Gasteiger partial charge in [0.25, 0.3) is 0 Å². The van der Waals surface area contributed by atoms with Gasteiger partial charge < -0.3 is 15.1 Å². The lowest BCUT2D eigenvalue weighted by Gasteiger charge is -2.35. The Morgan fingerprint density at radius 1 is 1.33 bits per heavy atom. The van der Waals surface area contributed by atoms with Gasteiger partial charge >= 0.3 is 0 Å². The topological polar surface area (TPSA) is 52.7 Å². The zero-order chi connectivity index (χ0) is 12.7. The lowest BCUT2D eigenvalue weighted by atomic mass is 10.1. The number of hydrogen-bond donors (Lipinski definition) is 1. The molecule has 100 valence electrons. The van der Waals surface area contributed by atoms with E-state index in [-0.39, 0.29) is 31.3 Å². The van der Waals surface area contributed by atoms with Crippen molar-refractivity contribution in [1.82, 2.24) is 15.1 Å². The highest BCUT2D eigenvalue weighted by atomic mass is 19.1. The fraction of sp³-hybridized carbons (Fsp3) is 0.833. The van der Waals surface area contributed by atoms with Gasteiger partial charge in [-0.15, -0.1) is 0 Å². The number of rotatable bonds is 2. The fourth-order valence-corrected chi connectivity index (χ4v) is 2.75. The van der Waals surface area contributed by atoms with Crippen LogP contribution in [0.15, 0.2) is 0 Å². The third-order valence-electron chi connectivity index (χ3n) is 3.93. The summed E-state index contributed by atoms with van der Waals surface area (Å²) in [7, 11) is 0. The molecule has 2 aliphatic heterocycles. The Morgan fingerprint density at radius 3 is 2.67 bits per heavy atom. The maximum absolute atomic E-state index is 13.0. The van der Waals surface area contributed by atoms with E-state index in [1.165, 1.54) is 0 Å². The van der Waals surface area contributed by atoms with E-state index < -0.39 is 12.2 Å². The zero-order valence-electron chi connectivity index (χ0n) is 10.3. The standard InChI is InChI=1S/C12H18FN3O2/c13-8-5-10(14-6-8)12(18)15-3-4-16(9-1-2-9)11(17)7-15/h8-10,14H,1-7H2/t8-,10+/m0/s1. The Balaban J connectivity index is 1.57. The molecule has 2 saturated heterocycles. The highest BCUT2D eigenvalue weighted by Gasteiger charge is 2.39. The second-order valence-electron chi connectivity index (χ2n) is 5.37. The van der Waals surface area contributed by atoms with Gasteiger partial charge in [0.15, 0.2) is 0 Å². The molecule has 6 heteroatoms. The minimum absolute atomic E-state index is 0.0342. The molecular weight excluding hydrogens is 237 g/mol. The van der Waals surface area contributed by atoms with E-state index in [0.717, 1.165) is 12.8 Å². The Bertz CT molecular complexity index is 372. The summed E-state index contributed by atoms with van der Waals surface area (Å²) < 4.78 is 13.0. The van der Waals surface area contributed by atoms with Crippen molar-refractivity contribution < 1.29 is 14.0 Å². The number of amides is 2. The molecule has 2 atom stereocenters. The molecule has 2 heterocycles. The normalized spacial score (nSPS) is 33.1. The van der Waals surface area contributed by atoms with Crippen molar-refractivity contribution in [1.29, 1.82) is 0 Å². The van der Waals surface area contributed by atoms with Gasteiger partial charge in [0.2, 0.25) is 11.8 Å². The number of halogens is 1. The summed E-state index contributed by atoms with van der Waals surface area (Å²) in [5, 5.41) is 2.87. The summed E-state index contributed by atoms with van der Waals surface area (Å²) in [5.74, 6) is -0.0918. The molecule has 0 radical (unpaired) electrons. The number of piperazine rings is 1. The van der Waals surface area contributed by atoms with Gasteiger partial charge in [0.1, 0.15) is 6.17 Å². The molecule has 0 bridgehead atoms. The monoisotopic (exact) mass is 255 g/mol. The number of hydrogen-bond acceptors (Lipinski definition) is 3. The first kappa shape index (κ1) is 11.9. The number of nitrogens with zero attached hydrogens (tertiary/aromatic N) is 2. The van der Waals surface area contributed by atoms with Crippen molar-refractivity contribution in [3.8, 4) is 0 Å². The van der Waals surface area contributed by atoms with E-state index in [0.29, 0.717) is 19.1 Å². The highest BCUT2D eigenvalue weighted by Crippen LogP contribution is 2.28. The summed E-state index contributed by atoms with van der Waals surface area (Å²) in [6.45, 7) is 1.61. The molecule has 0 aromatic rings. The molecule has 3 aliphatic rings. The number of carbonyl (C=O) groups excluding carboxylic acids is 2. The first-order valence-corrected chi connectivity index (χ1v) is 6.61. The van der Waals surface area contributed by atoms with Gasteiger partial charge in [-0.25, -0.2) is 4.39 Å². The van der Waals surface area contributed by atoms with Crippen molar-refractivity contribution in [2.75, 3.05) is 26.2 Å².